The molecule has 36 heavy (non-hydrogen) atoms. The number of para-hydroxylation sites is 2. The Morgan fingerprint density at radius 2 is 1.78 bits per heavy atom. The molecule has 2 aromatic rings. The third-order valence-electron chi connectivity index (χ3n) is 6.99. The predicted octanol–water partition coefficient (Wildman–Crippen LogP) is 2.36. The standard InChI is InChI=1S/C25H30F3N3O5/c1-33-19-5-3-2-4-18(19)30-10-12-31(13-11-30)22-23(32)21(20-15-34-24(22)35-20)29-14-16-6-8-17(9-7-16)36-25(26,27)28/h2-9,20-24,29,32H,10-15H2,1H3/t20-,21-,22-,23+,24-/m1/s1. The van der Waals surface area contributed by atoms with E-state index in [0.717, 1.165) is 43.2 Å². The van der Waals surface area contributed by atoms with E-state index in [1.807, 2.05) is 24.3 Å². The molecule has 5 atom stereocenters. The van der Waals surface area contributed by atoms with Gasteiger partial charge >= 0.3 is 6.36 Å². The number of halogens is 3. The zero-order chi connectivity index (χ0) is 25.3. The van der Waals surface area contributed by atoms with Crippen LogP contribution >= 0.6 is 0 Å². The third-order valence-corrected chi connectivity index (χ3v) is 6.99. The highest BCUT2D eigenvalue weighted by atomic mass is 19.4. The van der Waals surface area contributed by atoms with Crippen LogP contribution in [0, 0.1) is 0 Å². The van der Waals surface area contributed by atoms with Crippen molar-refractivity contribution in [1.29, 1.82) is 0 Å². The fourth-order valence-electron chi connectivity index (χ4n) is 5.24. The Morgan fingerprint density at radius 1 is 1.06 bits per heavy atom. The van der Waals surface area contributed by atoms with Crippen molar-refractivity contribution in [2.75, 3.05) is 44.8 Å². The van der Waals surface area contributed by atoms with E-state index in [0.29, 0.717) is 13.2 Å². The molecule has 0 spiro atoms. The van der Waals surface area contributed by atoms with Crippen LogP contribution < -0.4 is 19.7 Å². The van der Waals surface area contributed by atoms with Gasteiger partial charge in [-0.25, -0.2) is 0 Å². The Morgan fingerprint density at radius 3 is 2.47 bits per heavy atom. The lowest BCUT2D eigenvalue weighted by atomic mass is 9.94. The number of hydrogen-bond acceptors (Lipinski definition) is 8. The molecule has 0 radical (unpaired) electrons. The molecule has 0 aliphatic carbocycles. The lowest BCUT2D eigenvalue weighted by molar-refractivity contribution is -0.274. The predicted molar refractivity (Wildman–Crippen MR) is 125 cm³/mol. The Labute approximate surface area is 207 Å². The van der Waals surface area contributed by atoms with Crippen LogP contribution in [0.2, 0.25) is 0 Å². The van der Waals surface area contributed by atoms with Gasteiger partial charge in [0, 0.05) is 32.7 Å². The molecule has 0 saturated carbocycles. The van der Waals surface area contributed by atoms with Crippen molar-refractivity contribution >= 4 is 5.69 Å². The molecule has 0 amide bonds. The highest BCUT2D eigenvalue weighted by Crippen LogP contribution is 2.34. The van der Waals surface area contributed by atoms with Crippen LogP contribution in [0.1, 0.15) is 5.56 Å². The van der Waals surface area contributed by atoms with Gasteiger partial charge in [-0.2, -0.15) is 0 Å². The summed E-state index contributed by atoms with van der Waals surface area (Å²) in [6.45, 7) is 3.71. The Balaban J connectivity index is 1.20. The molecule has 8 nitrogen and oxygen atoms in total. The van der Waals surface area contributed by atoms with Crippen molar-refractivity contribution in [1.82, 2.24) is 10.2 Å². The minimum atomic E-state index is -4.73. The summed E-state index contributed by atoms with van der Waals surface area (Å²) in [7, 11) is 1.66. The second-order valence-electron chi connectivity index (χ2n) is 9.15. The van der Waals surface area contributed by atoms with E-state index in [2.05, 4.69) is 19.9 Å². The summed E-state index contributed by atoms with van der Waals surface area (Å²) in [5, 5.41) is 14.7. The maximum Gasteiger partial charge on any atom is 0.573 e. The zero-order valence-corrected chi connectivity index (χ0v) is 19.9. The monoisotopic (exact) mass is 509 g/mol. The van der Waals surface area contributed by atoms with Gasteiger partial charge in [-0.05, 0) is 29.8 Å². The van der Waals surface area contributed by atoms with Crippen LogP contribution in [-0.2, 0) is 16.0 Å². The first kappa shape index (κ1) is 25.1. The molecule has 0 aromatic heterocycles. The van der Waals surface area contributed by atoms with E-state index in [-0.39, 0.29) is 23.9 Å². The number of methoxy groups -OCH3 is 1. The maximum atomic E-state index is 12.4. The van der Waals surface area contributed by atoms with Crippen LogP contribution in [-0.4, -0.2) is 86.8 Å². The quantitative estimate of drug-likeness (QED) is 0.590. The van der Waals surface area contributed by atoms with Crippen LogP contribution in [0.5, 0.6) is 11.5 Å². The normalized spacial score (nSPS) is 28.8. The number of fused-ring (bicyclic) bond motifs is 2. The number of rotatable bonds is 7. The van der Waals surface area contributed by atoms with Crippen molar-refractivity contribution in [3.05, 3.63) is 54.1 Å². The number of hydrogen-bond donors (Lipinski definition) is 2. The summed E-state index contributed by atoms with van der Waals surface area (Å²) in [6, 6.07) is 12.9. The molecule has 2 bridgehead atoms. The molecule has 3 fully saturated rings. The van der Waals surface area contributed by atoms with E-state index in [9.17, 15) is 18.3 Å². The first-order valence-corrected chi connectivity index (χ1v) is 12.0. The number of nitrogens with zero attached hydrogens (tertiary/aromatic N) is 2. The molecule has 2 aromatic carbocycles. The molecule has 196 valence electrons. The summed E-state index contributed by atoms with van der Waals surface area (Å²) in [6.07, 6.45) is -6.26. The Hall–Kier alpha value is -2.57. The first-order valence-electron chi connectivity index (χ1n) is 12.0. The maximum absolute atomic E-state index is 12.4. The third kappa shape index (κ3) is 5.40. The van der Waals surface area contributed by atoms with Crippen LogP contribution in [0.3, 0.4) is 0 Å². The lowest BCUT2D eigenvalue weighted by Gasteiger charge is -2.47. The topological polar surface area (TPSA) is 75.7 Å². The number of anilines is 1. The van der Waals surface area contributed by atoms with Gasteiger partial charge in [0.2, 0.25) is 0 Å². The van der Waals surface area contributed by atoms with Crippen molar-refractivity contribution in [2.45, 2.75) is 43.5 Å². The van der Waals surface area contributed by atoms with Crippen molar-refractivity contribution in [3.63, 3.8) is 0 Å². The molecular weight excluding hydrogens is 479 g/mol. The fraction of sp³-hybridized carbons (Fsp3) is 0.520. The summed E-state index contributed by atoms with van der Waals surface area (Å²) >= 11 is 0. The van der Waals surface area contributed by atoms with Crippen molar-refractivity contribution in [2.24, 2.45) is 0 Å². The number of ether oxygens (including phenoxy) is 4. The zero-order valence-electron chi connectivity index (χ0n) is 19.9. The molecule has 3 aliphatic heterocycles. The average molecular weight is 510 g/mol. The first-order chi connectivity index (χ1) is 17.3. The molecule has 5 rings (SSSR count). The van der Waals surface area contributed by atoms with Gasteiger partial charge in [-0.15, -0.1) is 13.2 Å². The van der Waals surface area contributed by atoms with E-state index in [1.165, 1.54) is 12.1 Å². The van der Waals surface area contributed by atoms with Crippen LogP contribution in [0.4, 0.5) is 18.9 Å². The number of benzene rings is 2. The summed E-state index contributed by atoms with van der Waals surface area (Å²) in [4.78, 5) is 4.48. The molecule has 11 heteroatoms. The molecule has 0 unspecified atom stereocenters. The van der Waals surface area contributed by atoms with Gasteiger partial charge in [0.1, 0.15) is 17.6 Å². The smallest absolute Gasteiger partial charge is 0.495 e. The van der Waals surface area contributed by atoms with Crippen molar-refractivity contribution in [3.8, 4) is 11.5 Å². The second kappa shape index (κ2) is 10.4. The van der Waals surface area contributed by atoms with Gasteiger partial charge < -0.3 is 34.3 Å². The Kier molecular flexibility index (Phi) is 7.27. The van der Waals surface area contributed by atoms with Gasteiger partial charge in [0.05, 0.1) is 37.6 Å². The van der Waals surface area contributed by atoms with E-state index in [4.69, 9.17) is 14.2 Å². The summed E-state index contributed by atoms with van der Waals surface area (Å²) in [5.41, 5.74) is 1.81. The van der Waals surface area contributed by atoms with Crippen LogP contribution in [0.25, 0.3) is 0 Å². The molecule has 3 heterocycles. The van der Waals surface area contributed by atoms with Gasteiger partial charge in [-0.1, -0.05) is 24.3 Å². The Bertz CT molecular complexity index is 1020. The van der Waals surface area contributed by atoms with E-state index < -0.39 is 18.8 Å². The van der Waals surface area contributed by atoms with Gasteiger partial charge in [0.15, 0.2) is 6.29 Å². The highest BCUT2D eigenvalue weighted by molar-refractivity contribution is 5.58. The van der Waals surface area contributed by atoms with Gasteiger partial charge in [0.25, 0.3) is 0 Å². The summed E-state index contributed by atoms with van der Waals surface area (Å²) in [5.74, 6) is 0.558. The molecule has 3 saturated heterocycles. The molecular formula is C25H30F3N3O5. The molecule has 2 N–H and O–H groups in total. The van der Waals surface area contributed by atoms with E-state index in [1.54, 1.807) is 19.2 Å². The lowest BCUT2D eigenvalue weighted by Crippen LogP contribution is -2.66. The van der Waals surface area contributed by atoms with Crippen LogP contribution in [0.15, 0.2) is 48.5 Å². The number of alkyl halides is 3. The minimum absolute atomic E-state index is 0.272. The number of nitrogens with one attached hydrogen (secondary N) is 1. The van der Waals surface area contributed by atoms with Crippen molar-refractivity contribution < 1.29 is 37.2 Å². The molecule has 3 aliphatic rings. The highest BCUT2D eigenvalue weighted by Gasteiger charge is 2.52. The van der Waals surface area contributed by atoms with E-state index >= 15 is 0 Å². The number of aliphatic hydroxyl groups excluding tert-OH is 1. The SMILES string of the molecule is COc1ccccc1N1CCN([C@H]2[C@@H]3OC[C@@H](O3)[C@@H](NCc3ccc(OC(F)(F)F)cc3)[C@@H]2O)CC1. The summed E-state index contributed by atoms with van der Waals surface area (Å²) < 4.78 is 58.6. The minimum Gasteiger partial charge on any atom is -0.495 e. The number of piperazine rings is 1. The number of aliphatic hydroxyl groups is 1. The fourth-order valence-corrected chi connectivity index (χ4v) is 5.24. The largest absolute Gasteiger partial charge is 0.573 e. The second-order valence-corrected chi connectivity index (χ2v) is 9.15. The van der Waals surface area contributed by atoms with Gasteiger partial charge in [-0.3, -0.25) is 4.90 Å². The average Bonchev–Trinajstić information content (AvgIpc) is 3.29.